The molecular weight excluding hydrogens is 377 g/mol. The van der Waals surface area contributed by atoms with Crippen molar-refractivity contribution in [2.24, 2.45) is 4.99 Å². The molecule has 2 N–H and O–H groups in total. The number of aliphatic imine (C=N–C) groups is 1. The number of nitrogens with one attached hydrogen (secondary N) is 1. The molecule has 2 unspecified atom stereocenters. The number of nitrogens with zero attached hydrogens (tertiary/aromatic N) is 3. The maximum atomic E-state index is 12.8. The highest BCUT2D eigenvalue weighted by Gasteiger charge is 2.41. The van der Waals surface area contributed by atoms with Crippen molar-refractivity contribution in [1.29, 1.82) is 0 Å². The second kappa shape index (κ2) is 8.57. The Morgan fingerprint density at radius 3 is 2.48 bits per heavy atom. The summed E-state index contributed by atoms with van der Waals surface area (Å²) in [6.07, 6.45) is -4.94. The standard InChI is InChI=1S/C15H22ClF3N4OS/c1-10(15(17,18)19)22-5-7-23(8-6-22)14(20-2)21-9-11(24)12-3-4-13(16)25-12/h3-4,10-11,24H,5-9H2,1-2H3,(H,20,21). The van der Waals surface area contributed by atoms with Gasteiger partial charge in [-0.1, -0.05) is 11.6 Å². The Hall–Kier alpha value is -1.03. The summed E-state index contributed by atoms with van der Waals surface area (Å²) < 4.78 is 39.0. The Morgan fingerprint density at radius 2 is 2.00 bits per heavy atom. The molecule has 2 rings (SSSR count). The lowest BCUT2D eigenvalue weighted by molar-refractivity contribution is -0.181. The van der Waals surface area contributed by atoms with Gasteiger partial charge in [-0.2, -0.15) is 13.2 Å². The number of thiophene rings is 1. The molecule has 1 aliphatic heterocycles. The fraction of sp³-hybridized carbons (Fsp3) is 0.667. The van der Waals surface area contributed by atoms with Crippen LogP contribution in [-0.4, -0.2) is 72.9 Å². The summed E-state index contributed by atoms with van der Waals surface area (Å²) in [5, 5.41) is 13.2. The molecule has 1 aliphatic rings. The van der Waals surface area contributed by atoms with E-state index in [1.165, 1.54) is 23.2 Å². The van der Waals surface area contributed by atoms with E-state index in [9.17, 15) is 18.3 Å². The molecule has 5 nitrogen and oxygen atoms in total. The van der Waals surface area contributed by atoms with Gasteiger partial charge in [0.25, 0.3) is 0 Å². The van der Waals surface area contributed by atoms with E-state index in [0.717, 1.165) is 4.88 Å². The van der Waals surface area contributed by atoms with Gasteiger partial charge in [-0.05, 0) is 19.1 Å². The Labute approximate surface area is 154 Å². The van der Waals surface area contributed by atoms with Gasteiger partial charge in [-0.15, -0.1) is 11.3 Å². The minimum Gasteiger partial charge on any atom is -0.386 e. The lowest BCUT2D eigenvalue weighted by Crippen LogP contribution is -2.57. The fourth-order valence-electron chi connectivity index (χ4n) is 2.66. The van der Waals surface area contributed by atoms with Crippen LogP contribution in [0.2, 0.25) is 4.34 Å². The van der Waals surface area contributed by atoms with E-state index in [0.29, 0.717) is 36.5 Å². The van der Waals surface area contributed by atoms with Crippen molar-refractivity contribution in [1.82, 2.24) is 15.1 Å². The minimum absolute atomic E-state index is 0.253. The predicted octanol–water partition coefficient (Wildman–Crippen LogP) is 2.58. The smallest absolute Gasteiger partial charge is 0.386 e. The van der Waals surface area contributed by atoms with Gasteiger partial charge in [0.15, 0.2) is 5.96 Å². The van der Waals surface area contributed by atoms with E-state index >= 15 is 0 Å². The summed E-state index contributed by atoms with van der Waals surface area (Å²) in [6.45, 7) is 2.95. The van der Waals surface area contributed by atoms with Crippen LogP contribution >= 0.6 is 22.9 Å². The molecule has 2 heterocycles. The molecule has 1 aromatic rings. The summed E-state index contributed by atoms with van der Waals surface area (Å²) in [6, 6.07) is 2.04. The first kappa shape index (κ1) is 20.3. The maximum absolute atomic E-state index is 12.8. The minimum atomic E-state index is -4.21. The van der Waals surface area contributed by atoms with E-state index in [1.54, 1.807) is 19.2 Å². The number of aliphatic hydroxyl groups excluding tert-OH is 1. The Kier molecular flexibility index (Phi) is 6.95. The van der Waals surface area contributed by atoms with Crippen LogP contribution in [-0.2, 0) is 0 Å². The van der Waals surface area contributed by atoms with Crippen LogP contribution < -0.4 is 5.32 Å². The van der Waals surface area contributed by atoms with Crippen molar-refractivity contribution in [3.63, 3.8) is 0 Å². The van der Waals surface area contributed by atoms with Crippen molar-refractivity contribution >= 4 is 28.9 Å². The van der Waals surface area contributed by atoms with Crippen LogP contribution in [0.15, 0.2) is 17.1 Å². The van der Waals surface area contributed by atoms with Crippen molar-refractivity contribution < 1.29 is 18.3 Å². The van der Waals surface area contributed by atoms with Gasteiger partial charge in [-0.3, -0.25) is 9.89 Å². The molecule has 0 bridgehead atoms. The Bertz CT molecular complexity index is 588. The topological polar surface area (TPSA) is 51.1 Å². The lowest BCUT2D eigenvalue weighted by atomic mass is 10.2. The van der Waals surface area contributed by atoms with Gasteiger partial charge in [-0.25, -0.2) is 0 Å². The van der Waals surface area contributed by atoms with E-state index < -0.39 is 18.3 Å². The summed E-state index contributed by atoms with van der Waals surface area (Å²) in [7, 11) is 1.61. The molecule has 0 saturated carbocycles. The van der Waals surface area contributed by atoms with Gasteiger partial charge in [0, 0.05) is 44.6 Å². The molecular formula is C15H22ClF3N4OS. The summed E-state index contributed by atoms with van der Waals surface area (Å²) in [5.74, 6) is 0.570. The highest BCUT2D eigenvalue weighted by atomic mass is 35.5. The van der Waals surface area contributed by atoms with Crippen LogP contribution in [0, 0.1) is 0 Å². The van der Waals surface area contributed by atoms with Gasteiger partial charge in [0.2, 0.25) is 0 Å². The predicted molar refractivity (Wildman–Crippen MR) is 94.3 cm³/mol. The molecule has 0 aliphatic carbocycles. The number of aliphatic hydroxyl groups is 1. The number of alkyl halides is 3. The van der Waals surface area contributed by atoms with E-state index in [-0.39, 0.29) is 6.54 Å². The molecule has 10 heteroatoms. The molecule has 1 aromatic heterocycles. The monoisotopic (exact) mass is 398 g/mol. The Balaban J connectivity index is 1.84. The zero-order chi connectivity index (χ0) is 18.6. The highest BCUT2D eigenvalue weighted by molar-refractivity contribution is 7.16. The number of halogens is 4. The van der Waals surface area contributed by atoms with Crippen molar-refractivity contribution in [3.8, 4) is 0 Å². The molecule has 25 heavy (non-hydrogen) atoms. The van der Waals surface area contributed by atoms with Crippen LogP contribution in [0.25, 0.3) is 0 Å². The Morgan fingerprint density at radius 1 is 1.36 bits per heavy atom. The van der Waals surface area contributed by atoms with Gasteiger partial charge in [0.1, 0.15) is 12.1 Å². The third kappa shape index (κ3) is 5.47. The molecule has 0 aromatic carbocycles. The number of hydrogen-bond donors (Lipinski definition) is 2. The lowest BCUT2D eigenvalue weighted by Gasteiger charge is -2.39. The molecule has 0 spiro atoms. The van der Waals surface area contributed by atoms with Crippen molar-refractivity contribution in [3.05, 3.63) is 21.3 Å². The first-order valence-corrected chi connectivity index (χ1v) is 9.11. The zero-order valence-corrected chi connectivity index (χ0v) is 15.6. The molecule has 1 fully saturated rings. The second-order valence-corrected chi connectivity index (χ2v) is 7.57. The first-order chi connectivity index (χ1) is 11.7. The highest BCUT2D eigenvalue weighted by Crippen LogP contribution is 2.27. The van der Waals surface area contributed by atoms with Crippen molar-refractivity contribution in [2.75, 3.05) is 39.8 Å². The summed E-state index contributed by atoms with van der Waals surface area (Å²) in [4.78, 5) is 8.22. The largest absolute Gasteiger partial charge is 0.403 e. The van der Waals surface area contributed by atoms with Crippen LogP contribution in [0.5, 0.6) is 0 Å². The first-order valence-electron chi connectivity index (χ1n) is 7.92. The van der Waals surface area contributed by atoms with Crippen LogP contribution in [0.4, 0.5) is 13.2 Å². The van der Waals surface area contributed by atoms with Crippen LogP contribution in [0.1, 0.15) is 17.9 Å². The molecule has 142 valence electrons. The van der Waals surface area contributed by atoms with Gasteiger partial charge >= 0.3 is 6.18 Å². The molecule has 2 atom stereocenters. The average molecular weight is 399 g/mol. The fourth-order valence-corrected chi connectivity index (χ4v) is 3.70. The number of piperazine rings is 1. The van der Waals surface area contributed by atoms with Crippen LogP contribution in [0.3, 0.4) is 0 Å². The third-order valence-corrected chi connectivity index (χ3v) is 5.56. The molecule has 0 amide bonds. The maximum Gasteiger partial charge on any atom is 0.403 e. The van der Waals surface area contributed by atoms with E-state index in [4.69, 9.17) is 11.6 Å². The van der Waals surface area contributed by atoms with E-state index in [1.807, 2.05) is 4.90 Å². The van der Waals surface area contributed by atoms with Crippen molar-refractivity contribution in [2.45, 2.75) is 25.2 Å². The zero-order valence-electron chi connectivity index (χ0n) is 14.1. The SMILES string of the molecule is CN=C(NCC(O)c1ccc(Cl)s1)N1CCN(C(C)C(F)(F)F)CC1. The summed E-state index contributed by atoms with van der Waals surface area (Å²) in [5.41, 5.74) is 0. The number of hydrogen-bond acceptors (Lipinski definition) is 4. The number of guanidine groups is 1. The average Bonchev–Trinajstić information content (AvgIpc) is 3.01. The number of rotatable bonds is 4. The van der Waals surface area contributed by atoms with Gasteiger partial charge < -0.3 is 15.3 Å². The second-order valence-electron chi connectivity index (χ2n) is 5.83. The molecule has 0 radical (unpaired) electrons. The quantitative estimate of drug-likeness (QED) is 0.604. The molecule has 1 saturated heterocycles. The van der Waals surface area contributed by atoms with E-state index in [2.05, 4.69) is 10.3 Å². The van der Waals surface area contributed by atoms with Gasteiger partial charge in [0.05, 0.1) is 4.34 Å². The third-order valence-electron chi connectivity index (χ3n) is 4.22. The normalized spacial score (nSPS) is 19.8. The summed E-state index contributed by atoms with van der Waals surface area (Å²) >= 11 is 7.16.